The molecular formula is C27H27N3O3S. The molecule has 34 heavy (non-hydrogen) atoms. The van der Waals surface area contributed by atoms with Crippen molar-refractivity contribution in [3.63, 3.8) is 0 Å². The lowest BCUT2D eigenvalue weighted by atomic mass is 10.1. The van der Waals surface area contributed by atoms with Crippen molar-refractivity contribution in [2.24, 2.45) is 4.99 Å². The lowest BCUT2D eigenvalue weighted by Crippen LogP contribution is -2.26. The summed E-state index contributed by atoms with van der Waals surface area (Å²) in [5, 5.41) is 2.96. The summed E-state index contributed by atoms with van der Waals surface area (Å²) >= 11 is 1.46. The van der Waals surface area contributed by atoms with E-state index in [-0.39, 0.29) is 23.6 Å². The van der Waals surface area contributed by atoms with E-state index in [0.29, 0.717) is 22.7 Å². The summed E-state index contributed by atoms with van der Waals surface area (Å²) in [5.74, 6) is 0.304. The Balaban J connectivity index is 1.54. The maximum absolute atomic E-state index is 12.8. The number of aromatic nitrogens is 1. The second kappa shape index (κ2) is 10.1. The topological polar surface area (TPSA) is 76.6 Å². The summed E-state index contributed by atoms with van der Waals surface area (Å²) in [6, 6.07) is 20.5. The molecule has 0 spiro atoms. The van der Waals surface area contributed by atoms with Gasteiger partial charge in [-0.2, -0.15) is 4.99 Å². The highest BCUT2D eigenvalue weighted by molar-refractivity contribution is 7.09. The van der Waals surface area contributed by atoms with E-state index in [0.717, 1.165) is 21.7 Å². The maximum Gasteiger partial charge on any atom is 0.287 e. The quantitative estimate of drug-likeness (QED) is 0.410. The van der Waals surface area contributed by atoms with Crippen LogP contribution in [0.5, 0.6) is 0 Å². The molecule has 2 amide bonds. The van der Waals surface area contributed by atoms with Gasteiger partial charge in [-0.05, 0) is 57.5 Å². The molecule has 2 heterocycles. The molecule has 1 unspecified atom stereocenters. The Morgan fingerprint density at radius 2 is 1.79 bits per heavy atom. The minimum Gasteiger partial charge on any atom is -0.454 e. The van der Waals surface area contributed by atoms with Crippen molar-refractivity contribution < 1.29 is 14.0 Å². The zero-order chi connectivity index (χ0) is 24.2. The monoisotopic (exact) mass is 473 g/mol. The number of aryl methyl sites for hydroxylation is 2. The van der Waals surface area contributed by atoms with Crippen LogP contribution in [-0.4, -0.2) is 16.4 Å². The van der Waals surface area contributed by atoms with Gasteiger partial charge in [0.15, 0.2) is 10.6 Å². The van der Waals surface area contributed by atoms with E-state index in [9.17, 15) is 9.59 Å². The van der Waals surface area contributed by atoms with Crippen LogP contribution < -0.4 is 10.1 Å². The molecule has 2 aromatic heterocycles. The third-order valence-corrected chi connectivity index (χ3v) is 6.79. The fourth-order valence-corrected chi connectivity index (χ4v) is 4.60. The number of carbonyl (C=O) groups excluding carboxylic acids is 2. The Kier molecular flexibility index (Phi) is 6.93. The minimum absolute atomic E-state index is 0.142. The molecule has 0 bridgehead atoms. The second-order valence-corrected chi connectivity index (χ2v) is 9.45. The molecule has 1 N–H and O–H groups in total. The van der Waals surface area contributed by atoms with E-state index in [2.05, 4.69) is 10.3 Å². The third-order valence-electron chi connectivity index (χ3n) is 5.70. The Bertz CT molecular complexity index is 1400. The summed E-state index contributed by atoms with van der Waals surface area (Å²) in [5.41, 5.74) is 3.59. The number of benzene rings is 2. The summed E-state index contributed by atoms with van der Waals surface area (Å²) in [4.78, 5) is 31.5. The molecule has 0 aliphatic carbocycles. The predicted octanol–water partition coefficient (Wildman–Crippen LogP) is 5.35. The highest BCUT2D eigenvalue weighted by Gasteiger charge is 2.17. The summed E-state index contributed by atoms with van der Waals surface area (Å²) in [6.45, 7) is 8.24. The van der Waals surface area contributed by atoms with E-state index >= 15 is 0 Å². The molecule has 7 heteroatoms. The zero-order valence-corrected chi connectivity index (χ0v) is 20.5. The number of nitrogens with zero attached hydrogens (tertiary/aromatic N) is 2. The fourth-order valence-electron chi connectivity index (χ4n) is 3.63. The van der Waals surface area contributed by atoms with Crippen molar-refractivity contribution in [2.45, 2.75) is 40.3 Å². The molecule has 6 nitrogen and oxygen atoms in total. The van der Waals surface area contributed by atoms with Crippen LogP contribution in [0.4, 0.5) is 0 Å². The fraction of sp³-hybridized carbons (Fsp3) is 0.222. The van der Waals surface area contributed by atoms with Crippen LogP contribution in [-0.2, 0) is 6.54 Å². The number of amides is 2. The van der Waals surface area contributed by atoms with Gasteiger partial charge in [0.1, 0.15) is 5.76 Å². The summed E-state index contributed by atoms with van der Waals surface area (Å²) < 4.78 is 7.80. The molecule has 0 radical (unpaired) electrons. The molecular weight excluding hydrogens is 446 g/mol. The van der Waals surface area contributed by atoms with Gasteiger partial charge in [-0.15, -0.1) is 11.3 Å². The largest absolute Gasteiger partial charge is 0.454 e. The van der Waals surface area contributed by atoms with Crippen molar-refractivity contribution in [3.8, 4) is 0 Å². The van der Waals surface area contributed by atoms with Gasteiger partial charge in [0.25, 0.3) is 11.8 Å². The molecule has 0 saturated carbocycles. The number of thiazole rings is 1. The van der Waals surface area contributed by atoms with E-state index in [1.807, 2.05) is 80.8 Å². The number of hydrogen-bond acceptors (Lipinski definition) is 4. The van der Waals surface area contributed by atoms with Crippen LogP contribution in [0.15, 0.2) is 76.1 Å². The van der Waals surface area contributed by atoms with Crippen molar-refractivity contribution in [1.82, 2.24) is 9.88 Å². The first-order valence-electron chi connectivity index (χ1n) is 11.1. The number of carbonyl (C=O) groups is 2. The molecule has 4 rings (SSSR count). The van der Waals surface area contributed by atoms with Crippen LogP contribution in [0.1, 0.15) is 61.3 Å². The number of nitrogens with one attached hydrogen (secondary N) is 1. The van der Waals surface area contributed by atoms with Gasteiger partial charge < -0.3 is 14.3 Å². The molecule has 0 saturated heterocycles. The summed E-state index contributed by atoms with van der Waals surface area (Å²) in [7, 11) is 0. The summed E-state index contributed by atoms with van der Waals surface area (Å²) in [6.07, 6.45) is 0. The third kappa shape index (κ3) is 5.26. The normalized spacial score (nSPS) is 12.5. The average molecular weight is 474 g/mol. The van der Waals surface area contributed by atoms with Gasteiger partial charge >= 0.3 is 0 Å². The van der Waals surface area contributed by atoms with Crippen molar-refractivity contribution >= 4 is 23.2 Å². The molecule has 0 aliphatic heterocycles. The molecule has 2 aromatic carbocycles. The van der Waals surface area contributed by atoms with Crippen LogP contribution in [0.3, 0.4) is 0 Å². The first-order valence-corrected chi connectivity index (χ1v) is 11.9. The van der Waals surface area contributed by atoms with Crippen molar-refractivity contribution in [1.29, 1.82) is 0 Å². The molecule has 0 fully saturated rings. The van der Waals surface area contributed by atoms with E-state index in [1.54, 1.807) is 18.2 Å². The van der Waals surface area contributed by atoms with Crippen molar-refractivity contribution in [2.75, 3.05) is 0 Å². The highest BCUT2D eigenvalue weighted by Crippen LogP contribution is 2.17. The Morgan fingerprint density at radius 3 is 2.53 bits per heavy atom. The average Bonchev–Trinajstić information content (AvgIpc) is 3.40. The minimum atomic E-state index is -0.284. The molecule has 4 aromatic rings. The number of rotatable bonds is 6. The lowest BCUT2D eigenvalue weighted by molar-refractivity contribution is 0.0909. The standard InChI is InChI=1S/C27H27N3O3S/c1-17-9-8-12-22(15-17)25(31)29-27-30(19(3)20(4)34-27)16-23-13-14-24(33-23)26(32)28-18(2)21-10-6-5-7-11-21/h5-15,18H,16H2,1-4H3,(H,28,32). The van der Waals surface area contributed by atoms with Gasteiger partial charge in [0, 0.05) is 16.1 Å². The van der Waals surface area contributed by atoms with E-state index in [4.69, 9.17) is 4.42 Å². The molecule has 174 valence electrons. The SMILES string of the molecule is Cc1cccc(C(=O)N=c2sc(C)c(C)n2Cc2ccc(C(=O)NC(C)c3ccccc3)o2)c1. The number of hydrogen-bond donors (Lipinski definition) is 1. The Labute approximate surface area is 202 Å². The first-order chi connectivity index (χ1) is 16.3. The molecule has 0 aliphatic rings. The lowest BCUT2D eigenvalue weighted by Gasteiger charge is -2.13. The van der Waals surface area contributed by atoms with Gasteiger partial charge in [-0.3, -0.25) is 9.59 Å². The van der Waals surface area contributed by atoms with Gasteiger partial charge in [-0.25, -0.2) is 0 Å². The van der Waals surface area contributed by atoms with Crippen LogP contribution in [0, 0.1) is 20.8 Å². The Hall–Kier alpha value is -3.71. The Morgan fingerprint density at radius 1 is 1.03 bits per heavy atom. The van der Waals surface area contributed by atoms with E-state index < -0.39 is 0 Å². The van der Waals surface area contributed by atoms with Gasteiger partial charge in [-0.1, -0.05) is 48.0 Å². The van der Waals surface area contributed by atoms with Crippen LogP contribution >= 0.6 is 11.3 Å². The predicted molar refractivity (Wildman–Crippen MR) is 133 cm³/mol. The van der Waals surface area contributed by atoms with Gasteiger partial charge in [0.2, 0.25) is 0 Å². The van der Waals surface area contributed by atoms with E-state index in [1.165, 1.54) is 11.3 Å². The first kappa shape index (κ1) is 23.4. The van der Waals surface area contributed by atoms with Gasteiger partial charge in [0.05, 0.1) is 12.6 Å². The van der Waals surface area contributed by atoms with Crippen molar-refractivity contribution in [3.05, 3.63) is 110 Å². The molecule has 1 atom stereocenters. The zero-order valence-electron chi connectivity index (χ0n) is 19.7. The van der Waals surface area contributed by atoms with Crippen LogP contribution in [0.25, 0.3) is 0 Å². The maximum atomic E-state index is 12.8. The highest BCUT2D eigenvalue weighted by atomic mass is 32.1. The smallest absolute Gasteiger partial charge is 0.287 e. The van der Waals surface area contributed by atoms with Crippen LogP contribution in [0.2, 0.25) is 0 Å². The second-order valence-electron chi connectivity index (χ2n) is 8.27. The number of furan rings is 1.